The SMILES string of the molecule is CNCCCC(=O)Nc1ccc(-c2nc3ccc(C)cc3s2)cc1.Cl. The molecule has 0 radical (unpaired) electrons. The molecular formula is C19H22ClN3OS. The number of hydrogen-bond donors (Lipinski definition) is 2. The second-order valence-electron chi connectivity index (χ2n) is 5.82. The number of carbonyl (C=O) groups is 1. The van der Waals surface area contributed by atoms with Crippen LogP contribution in [0.2, 0.25) is 0 Å². The average molecular weight is 376 g/mol. The van der Waals surface area contributed by atoms with E-state index in [1.165, 1.54) is 10.3 Å². The molecule has 2 aromatic carbocycles. The van der Waals surface area contributed by atoms with Crippen LogP contribution in [0.25, 0.3) is 20.8 Å². The molecule has 3 aromatic rings. The molecule has 0 saturated heterocycles. The van der Waals surface area contributed by atoms with Gasteiger partial charge in [-0.2, -0.15) is 0 Å². The van der Waals surface area contributed by atoms with Crippen molar-refractivity contribution in [3.63, 3.8) is 0 Å². The molecule has 1 amide bonds. The standard InChI is InChI=1S/C19H21N3OS.ClH/c1-13-5-10-16-17(12-13)24-19(22-16)14-6-8-15(9-7-14)21-18(23)4-3-11-20-2;/h5-10,12,20H,3-4,11H2,1-2H3,(H,21,23);1H. The zero-order valence-corrected chi connectivity index (χ0v) is 16.0. The molecule has 0 aliphatic rings. The fourth-order valence-electron chi connectivity index (χ4n) is 2.50. The molecule has 25 heavy (non-hydrogen) atoms. The molecule has 6 heteroatoms. The molecule has 0 unspecified atom stereocenters. The summed E-state index contributed by atoms with van der Waals surface area (Å²) in [5.74, 6) is 0.0495. The van der Waals surface area contributed by atoms with E-state index < -0.39 is 0 Å². The number of aryl methyl sites for hydroxylation is 1. The first kappa shape index (κ1) is 19.4. The van der Waals surface area contributed by atoms with Crippen molar-refractivity contribution >= 4 is 45.6 Å². The number of aromatic nitrogens is 1. The number of halogens is 1. The lowest BCUT2D eigenvalue weighted by molar-refractivity contribution is -0.116. The molecule has 1 heterocycles. The quantitative estimate of drug-likeness (QED) is 0.617. The number of carbonyl (C=O) groups excluding carboxylic acids is 1. The summed E-state index contributed by atoms with van der Waals surface area (Å²) >= 11 is 1.69. The third-order valence-electron chi connectivity index (χ3n) is 3.79. The number of fused-ring (bicyclic) bond motifs is 1. The zero-order chi connectivity index (χ0) is 16.9. The third-order valence-corrected chi connectivity index (χ3v) is 4.86. The van der Waals surface area contributed by atoms with E-state index >= 15 is 0 Å². The second kappa shape index (κ2) is 8.94. The minimum Gasteiger partial charge on any atom is -0.326 e. The predicted octanol–water partition coefficient (Wildman–Crippen LogP) is 4.63. The molecule has 0 atom stereocenters. The first-order valence-corrected chi connectivity index (χ1v) is 8.89. The summed E-state index contributed by atoms with van der Waals surface area (Å²) in [6, 6.07) is 14.2. The maximum absolute atomic E-state index is 11.8. The van der Waals surface area contributed by atoms with Gasteiger partial charge in [0, 0.05) is 17.7 Å². The molecule has 2 N–H and O–H groups in total. The Hall–Kier alpha value is -1.95. The zero-order valence-electron chi connectivity index (χ0n) is 14.3. The van der Waals surface area contributed by atoms with Gasteiger partial charge in [-0.25, -0.2) is 4.98 Å². The Bertz CT molecular complexity index is 846. The summed E-state index contributed by atoms with van der Waals surface area (Å²) < 4.78 is 1.20. The van der Waals surface area contributed by atoms with Crippen LogP contribution in [-0.4, -0.2) is 24.5 Å². The van der Waals surface area contributed by atoms with Gasteiger partial charge >= 0.3 is 0 Å². The Kier molecular flexibility index (Phi) is 6.93. The van der Waals surface area contributed by atoms with Gasteiger partial charge in [-0.3, -0.25) is 4.79 Å². The second-order valence-corrected chi connectivity index (χ2v) is 6.85. The molecule has 3 rings (SSSR count). The van der Waals surface area contributed by atoms with Gasteiger partial charge in [-0.05, 0) is 68.9 Å². The molecule has 0 aliphatic carbocycles. The molecule has 0 saturated carbocycles. The van der Waals surface area contributed by atoms with E-state index in [2.05, 4.69) is 40.7 Å². The van der Waals surface area contributed by atoms with E-state index in [1.807, 2.05) is 31.3 Å². The van der Waals surface area contributed by atoms with Gasteiger partial charge in [0.25, 0.3) is 0 Å². The number of hydrogen-bond acceptors (Lipinski definition) is 4. The van der Waals surface area contributed by atoms with Crippen molar-refractivity contribution < 1.29 is 4.79 Å². The van der Waals surface area contributed by atoms with Crippen molar-refractivity contribution in [2.75, 3.05) is 18.9 Å². The van der Waals surface area contributed by atoms with Gasteiger partial charge in [0.1, 0.15) is 5.01 Å². The molecule has 0 spiro atoms. The van der Waals surface area contributed by atoms with Crippen molar-refractivity contribution in [3.8, 4) is 10.6 Å². The highest BCUT2D eigenvalue weighted by atomic mass is 35.5. The van der Waals surface area contributed by atoms with Crippen molar-refractivity contribution in [3.05, 3.63) is 48.0 Å². The highest BCUT2D eigenvalue weighted by Gasteiger charge is 2.07. The van der Waals surface area contributed by atoms with E-state index in [0.29, 0.717) is 6.42 Å². The number of benzene rings is 2. The largest absolute Gasteiger partial charge is 0.326 e. The van der Waals surface area contributed by atoms with E-state index in [9.17, 15) is 4.79 Å². The van der Waals surface area contributed by atoms with Gasteiger partial charge in [0.2, 0.25) is 5.91 Å². The van der Waals surface area contributed by atoms with E-state index in [-0.39, 0.29) is 18.3 Å². The van der Waals surface area contributed by atoms with Crippen LogP contribution in [-0.2, 0) is 4.79 Å². The summed E-state index contributed by atoms with van der Waals surface area (Å²) in [6.45, 7) is 2.94. The fourth-order valence-corrected chi connectivity index (χ4v) is 3.57. The van der Waals surface area contributed by atoms with Crippen molar-refractivity contribution in [1.29, 1.82) is 0 Å². The lowest BCUT2D eigenvalue weighted by Crippen LogP contribution is -2.15. The van der Waals surface area contributed by atoms with Crippen LogP contribution in [0.5, 0.6) is 0 Å². The Morgan fingerprint density at radius 2 is 1.92 bits per heavy atom. The van der Waals surface area contributed by atoms with Crippen LogP contribution >= 0.6 is 23.7 Å². The predicted molar refractivity (Wildman–Crippen MR) is 109 cm³/mol. The molecule has 0 aliphatic heterocycles. The Labute approximate surface area is 158 Å². The average Bonchev–Trinajstić information content (AvgIpc) is 2.99. The van der Waals surface area contributed by atoms with Gasteiger partial charge in [-0.15, -0.1) is 23.7 Å². The number of rotatable bonds is 6. The highest BCUT2D eigenvalue weighted by Crippen LogP contribution is 2.31. The van der Waals surface area contributed by atoms with Crippen LogP contribution < -0.4 is 10.6 Å². The molecule has 132 valence electrons. The number of nitrogens with zero attached hydrogens (tertiary/aromatic N) is 1. The van der Waals surface area contributed by atoms with Crippen LogP contribution in [0.3, 0.4) is 0 Å². The molecule has 4 nitrogen and oxygen atoms in total. The van der Waals surface area contributed by atoms with E-state index in [1.54, 1.807) is 11.3 Å². The number of anilines is 1. The number of thiazole rings is 1. The van der Waals surface area contributed by atoms with Crippen molar-refractivity contribution in [2.24, 2.45) is 0 Å². The highest BCUT2D eigenvalue weighted by molar-refractivity contribution is 7.21. The fraction of sp³-hybridized carbons (Fsp3) is 0.263. The number of nitrogens with one attached hydrogen (secondary N) is 2. The van der Waals surface area contributed by atoms with Gasteiger partial charge in [-0.1, -0.05) is 6.07 Å². The van der Waals surface area contributed by atoms with Crippen LogP contribution in [0, 0.1) is 6.92 Å². The monoisotopic (exact) mass is 375 g/mol. The molecule has 0 fully saturated rings. The normalized spacial score (nSPS) is 10.5. The first-order valence-electron chi connectivity index (χ1n) is 8.08. The summed E-state index contributed by atoms with van der Waals surface area (Å²) in [5, 5.41) is 6.97. The first-order chi connectivity index (χ1) is 11.7. The Morgan fingerprint density at radius 3 is 2.64 bits per heavy atom. The number of amides is 1. The molecule has 1 aromatic heterocycles. The van der Waals surface area contributed by atoms with Gasteiger partial charge < -0.3 is 10.6 Å². The van der Waals surface area contributed by atoms with Crippen molar-refractivity contribution in [2.45, 2.75) is 19.8 Å². The topological polar surface area (TPSA) is 54.0 Å². The minimum absolute atomic E-state index is 0. The molecule has 0 bridgehead atoms. The Morgan fingerprint density at radius 1 is 1.16 bits per heavy atom. The maximum atomic E-state index is 11.8. The minimum atomic E-state index is 0. The van der Waals surface area contributed by atoms with Crippen LogP contribution in [0.4, 0.5) is 5.69 Å². The summed E-state index contributed by atoms with van der Waals surface area (Å²) in [7, 11) is 1.89. The van der Waals surface area contributed by atoms with E-state index in [4.69, 9.17) is 0 Å². The smallest absolute Gasteiger partial charge is 0.224 e. The van der Waals surface area contributed by atoms with Gasteiger partial charge in [0.15, 0.2) is 0 Å². The lowest BCUT2D eigenvalue weighted by Gasteiger charge is -2.05. The maximum Gasteiger partial charge on any atom is 0.224 e. The van der Waals surface area contributed by atoms with E-state index in [0.717, 1.165) is 34.7 Å². The van der Waals surface area contributed by atoms with Gasteiger partial charge in [0.05, 0.1) is 10.2 Å². The third kappa shape index (κ3) is 5.01. The van der Waals surface area contributed by atoms with Crippen LogP contribution in [0.1, 0.15) is 18.4 Å². The molecular weight excluding hydrogens is 354 g/mol. The van der Waals surface area contributed by atoms with Crippen molar-refractivity contribution in [1.82, 2.24) is 10.3 Å². The van der Waals surface area contributed by atoms with Crippen LogP contribution in [0.15, 0.2) is 42.5 Å². The lowest BCUT2D eigenvalue weighted by atomic mass is 10.2. The Balaban J connectivity index is 0.00000225. The summed E-state index contributed by atoms with van der Waals surface area (Å²) in [5.41, 5.74) is 4.17. The summed E-state index contributed by atoms with van der Waals surface area (Å²) in [4.78, 5) is 16.5. The summed E-state index contributed by atoms with van der Waals surface area (Å²) in [6.07, 6.45) is 1.37.